The van der Waals surface area contributed by atoms with E-state index in [1.54, 1.807) is 6.20 Å². The molecule has 1 aliphatic heterocycles. The molecule has 16 heavy (non-hydrogen) atoms. The van der Waals surface area contributed by atoms with Crippen LogP contribution in [0.15, 0.2) is 18.3 Å². The molecule has 3 nitrogen and oxygen atoms in total. The molecule has 4 heteroatoms. The summed E-state index contributed by atoms with van der Waals surface area (Å²) in [5, 5.41) is 10.00. The minimum absolute atomic E-state index is 0.622. The molecule has 2 rings (SSSR count). The lowest BCUT2D eigenvalue weighted by Crippen LogP contribution is -2.40. The van der Waals surface area contributed by atoms with Crippen molar-refractivity contribution in [2.24, 2.45) is 0 Å². The minimum atomic E-state index is 0.622. The summed E-state index contributed by atoms with van der Waals surface area (Å²) < 4.78 is 0. The number of anilines is 1. The molecule has 84 valence electrons. The van der Waals surface area contributed by atoms with Crippen LogP contribution in [0.2, 0.25) is 0 Å². The Kier molecular flexibility index (Phi) is 3.35. The van der Waals surface area contributed by atoms with Crippen molar-refractivity contribution in [1.82, 2.24) is 4.98 Å². The highest BCUT2D eigenvalue weighted by molar-refractivity contribution is 8.00. The van der Waals surface area contributed by atoms with Crippen LogP contribution in [0, 0.1) is 11.3 Å². The Morgan fingerprint density at radius 2 is 2.06 bits per heavy atom. The summed E-state index contributed by atoms with van der Waals surface area (Å²) in [5.41, 5.74) is 0.622. The molecule has 2 atom stereocenters. The summed E-state index contributed by atoms with van der Waals surface area (Å²) in [7, 11) is 0. The molecular formula is C12H15N3S. The molecule has 1 saturated heterocycles. The molecule has 1 aliphatic rings. The molecule has 0 amide bonds. The van der Waals surface area contributed by atoms with Crippen molar-refractivity contribution in [1.29, 1.82) is 5.26 Å². The quantitative estimate of drug-likeness (QED) is 0.746. The lowest BCUT2D eigenvalue weighted by Gasteiger charge is -2.35. The van der Waals surface area contributed by atoms with E-state index < -0.39 is 0 Å². The molecule has 2 heterocycles. The maximum Gasteiger partial charge on any atom is 0.128 e. The number of aromatic nitrogens is 1. The van der Waals surface area contributed by atoms with Crippen LogP contribution < -0.4 is 4.90 Å². The number of rotatable bonds is 1. The van der Waals surface area contributed by atoms with Crippen molar-refractivity contribution in [2.45, 2.75) is 24.3 Å². The van der Waals surface area contributed by atoms with E-state index in [0.717, 1.165) is 18.9 Å². The van der Waals surface area contributed by atoms with Crippen LogP contribution in [0.3, 0.4) is 0 Å². The molecule has 0 bridgehead atoms. The van der Waals surface area contributed by atoms with E-state index in [9.17, 15) is 0 Å². The van der Waals surface area contributed by atoms with Gasteiger partial charge >= 0.3 is 0 Å². The highest BCUT2D eigenvalue weighted by Crippen LogP contribution is 2.27. The third kappa shape index (κ3) is 2.48. The lowest BCUT2D eigenvalue weighted by molar-refractivity contribution is 0.718. The van der Waals surface area contributed by atoms with Gasteiger partial charge in [-0.3, -0.25) is 0 Å². The van der Waals surface area contributed by atoms with Crippen LogP contribution in [0.1, 0.15) is 19.4 Å². The summed E-state index contributed by atoms with van der Waals surface area (Å²) in [6.07, 6.45) is 1.65. The molecule has 0 aliphatic carbocycles. The molecule has 1 aromatic rings. The molecule has 1 aromatic heterocycles. The average molecular weight is 233 g/mol. The first kappa shape index (κ1) is 11.3. The molecule has 1 fully saturated rings. The third-order valence-corrected chi connectivity index (χ3v) is 3.85. The van der Waals surface area contributed by atoms with Crippen molar-refractivity contribution in [3.8, 4) is 6.07 Å². The third-order valence-electron chi connectivity index (χ3n) is 2.62. The van der Waals surface area contributed by atoms with E-state index in [0.29, 0.717) is 16.1 Å². The summed E-state index contributed by atoms with van der Waals surface area (Å²) in [6, 6.07) is 5.86. The van der Waals surface area contributed by atoms with Crippen molar-refractivity contribution >= 4 is 17.6 Å². The highest BCUT2D eigenvalue weighted by Gasteiger charge is 2.22. The van der Waals surface area contributed by atoms with Crippen LogP contribution in [-0.4, -0.2) is 28.6 Å². The monoisotopic (exact) mass is 233 g/mol. The Bertz CT molecular complexity index is 386. The normalized spacial score (nSPS) is 25.2. The lowest BCUT2D eigenvalue weighted by atomic mass is 10.3. The smallest absolute Gasteiger partial charge is 0.128 e. The molecule has 2 unspecified atom stereocenters. The Morgan fingerprint density at radius 3 is 2.56 bits per heavy atom. The van der Waals surface area contributed by atoms with Crippen LogP contribution in [0.5, 0.6) is 0 Å². The molecule has 0 aromatic carbocycles. The number of nitrogens with zero attached hydrogens (tertiary/aromatic N) is 3. The Balaban J connectivity index is 2.14. The number of hydrogen-bond donors (Lipinski definition) is 0. The predicted molar refractivity (Wildman–Crippen MR) is 67.7 cm³/mol. The van der Waals surface area contributed by atoms with Crippen LogP contribution in [0.4, 0.5) is 5.82 Å². The molecule has 0 spiro atoms. The first-order valence-electron chi connectivity index (χ1n) is 5.45. The largest absolute Gasteiger partial charge is 0.354 e. The van der Waals surface area contributed by atoms with E-state index in [-0.39, 0.29) is 0 Å². The van der Waals surface area contributed by atoms with Gasteiger partial charge < -0.3 is 4.90 Å². The van der Waals surface area contributed by atoms with Crippen LogP contribution >= 0.6 is 11.8 Å². The van der Waals surface area contributed by atoms with Gasteiger partial charge in [-0.05, 0) is 12.1 Å². The van der Waals surface area contributed by atoms with Gasteiger partial charge in [0.1, 0.15) is 11.9 Å². The number of hydrogen-bond acceptors (Lipinski definition) is 4. The number of nitriles is 1. The molecule has 0 saturated carbocycles. The summed E-state index contributed by atoms with van der Waals surface area (Å²) in [6.45, 7) is 6.57. The molecule has 0 radical (unpaired) electrons. The van der Waals surface area contributed by atoms with Gasteiger partial charge in [0.2, 0.25) is 0 Å². The predicted octanol–water partition coefficient (Wildman–Crippen LogP) is 2.28. The van der Waals surface area contributed by atoms with Crippen molar-refractivity contribution < 1.29 is 0 Å². The van der Waals surface area contributed by atoms with E-state index in [4.69, 9.17) is 5.26 Å². The van der Waals surface area contributed by atoms with Gasteiger partial charge in [-0.1, -0.05) is 13.8 Å². The van der Waals surface area contributed by atoms with Gasteiger partial charge in [-0.15, -0.1) is 0 Å². The number of thioether (sulfide) groups is 1. The van der Waals surface area contributed by atoms with Crippen molar-refractivity contribution in [2.75, 3.05) is 18.0 Å². The van der Waals surface area contributed by atoms with Crippen LogP contribution in [-0.2, 0) is 0 Å². The van der Waals surface area contributed by atoms with E-state index >= 15 is 0 Å². The molecule has 0 N–H and O–H groups in total. The van der Waals surface area contributed by atoms with Gasteiger partial charge in [0, 0.05) is 29.8 Å². The SMILES string of the molecule is CC1CN(c2ccc(C#N)cn2)CC(C)S1. The maximum absolute atomic E-state index is 8.72. The Hall–Kier alpha value is -1.21. The summed E-state index contributed by atoms with van der Waals surface area (Å²) in [4.78, 5) is 6.63. The Morgan fingerprint density at radius 1 is 1.38 bits per heavy atom. The maximum atomic E-state index is 8.72. The van der Waals surface area contributed by atoms with Crippen molar-refractivity contribution in [3.05, 3.63) is 23.9 Å². The topological polar surface area (TPSA) is 39.9 Å². The van der Waals surface area contributed by atoms with Gasteiger partial charge in [0.15, 0.2) is 0 Å². The minimum Gasteiger partial charge on any atom is -0.354 e. The van der Waals surface area contributed by atoms with Gasteiger partial charge in [0.25, 0.3) is 0 Å². The fourth-order valence-electron chi connectivity index (χ4n) is 2.00. The van der Waals surface area contributed by atoms with Gasteiger partial charge in [-0.2, -0.15) is 17.0 Å². The van der Waals surface area contributed by atoms with Crippen LogP contribution in [0.25, 0.3) is 0 Å². The Labute approximate surface area is 100 Å². The molecular weight excluding hydrogens is 218 g/mol. The van der Waals surface area contributed by atoms with Crippen molar-refractivity contribution in [3.63, 3.8) is 0 Å². The first-order chi connectivity index (χ1) is 7.69. The first-order valence-corrected chi connectivity index (χ1v) is 6.40. The van der Waals surface area contributed by atoms with Gasteiger partial charge in [-0.25, -0.2) is 4.98 Å². The number of pyridine rings is 1. The second-order valence-electron chi connectivity index (χ2n) is 4.18. The fourth-order valence-corrected chi connectivity index (χ4v) is 3.33. The zero-order valence-corrected chi connectivity index (χ0v) is 10.4. The fraction of sp³-hybridized carbons (Fsp3) is 0.500. The standard InChI is InChI=1S/C12H15N3S/c1-9-7-15(8-10(2)16-9)12-4-3-11(5-13)6-14-12/h3-4,6,9-10H,7-8H2,1-2H3. The van der Waals surface area contributed by atoms with Gasteiger partial charge in [0.05, 0.1) is 5.56 Å². The van der Waals surface area contributed by atoms with E-state index in [2.05, 4.69) is 29.8 Å². The zero-order chi connectivity index (χ0) is 11.5. The highest BCUT2D eigenvalue weighted by atomic mass is 32.2. The average Bonchev–Trinajstić information content (AvgIpc) is 2.28. The second kappa shape index (κ2) is 4.75. The zero-order valence-electron chi connectivity index (χ0n) is 9.55. The second-order valence-corrected chi connectivity index (χ2v) is 6.06. The summed E-state index contributed by atoms with van der Waals surface area (Å²) in [5.74, 6) is 0.984. The summed E-state index contributed by atoms with van der Waals surface area (Å²) >= 11 is 2.03. The van der Waals surface area contributed by atoms with E-state index in [1.165, 1.54) is 0 Å². The van der Waals surface area contributed by atoms with E-state index in [1.807, 2.05) is 23.9 Å².